The zero-order chi connectivity index (χ0) is 35.1. The Labute approximate surface area is 300 Å². The van der Waals surface area contributed by atoms with E-state index in [-0.39, 0.29) is 17.3 Å². The van der Waals surface area contributed by atoms with Crippen LogP contribution in [0.1, 0.15) is 85.2 Å². The van der Waals surface area contributed by atoms with Gasteiger partial charge in [-0.25, -0.2) is 0 Å². The van der Waals surface area contributed by atoms with Crippen molar-refractivity contribution < 1.29 is 24.4 Å². The Morgan fingerprint density at radius 3 is 1.04 bits per heavy atom. The molecular formula is C40H39BBr2O5. The van der Waals surface area contributed by atoms with E-state index in [1.165, 1.54) is 52.4 Å². The fourth-order valence-corrected chi connectivity index (χ4v) is 5.86. The maximum Gasteiger partial charge on any atom is 0.488 e. The van der Waals surface area contributed by atoms with Crippen molar-refractivity contribution in [3.05, 3.63) is 171 Å². The fourth-order valence-electron chi connectivity index (χ4n) is 4.77. The summed E-state index contributed by atoms with van der Waals surface area (Å²) in [6.45, 7) is 4.63. The lowest BCUT2D eigenvalue weighted by atomic mass is 9.80. The summed E-state index contributed by atoms with van der Waals surface area (Å²) in [6.07, 6.45) is 1.67. The highest BCUT2D eigenvalue weighted by molar-refractivity contribution is 9.09. The molecule has 0 bridgehead atoms. The summed E-state index contributed by atoms with van der Waals surface area (Å²) in [5.74, 6) is 0.144. The Balaban J connectivity index is 0.000000234. The Morgan fingerprint density at radius 1 is 0.479 bits per heavy atom. The van der Waals surface area contributed by atoms with E-state index in [9.17, 15) is 14.4 Å². The second-order valence-corrected chi connectivity index (χ2v) is 12.3. The summed E-state index contributed by atoms with van der Waals surface area (Å²) in [4.78, 5) is 33.6. The minimum absolute atomic E-state index is 0.0334. The molecule has 5 rings (SSSR count). The van der Waals surface area contributed by atoms with Crippen LogP contribution in [-0.2, 0) is 23.5 Å². The van der Waals surface area contributed by atoms with E-state index in [0.29, 0.717) is 11.0 Å². The van der Waals surface area contributed by atoms with Gasteiger partial charge in [0.05, 0.1) is 0 Å². The number of hydrogen-bond acceptors (Lipinski definition) is 5. The summed E-state index contributed by atoms with van der Waals surface area (Å²) < 4.78 is 0. The van der Waals surface area contributed by atoms with Crippen molar-refractivity contribution in [3.8, 4) is 0 Å². The van der Waals surface area contributed by atoms with Crippen LogP contribution in [-0.4, -0.2) is 34.5 Å². The van der Waals surface area contributed by atoms with Gasteiger partial charge >= 0.3 is 7.12 Å². The van der Waals surface area contributed by atoms with Gasteiger partial charge in [0.2, 0.25) is 0 Å². The van der Waals surface area contributed by atoms with E-state index in [2.05, 4.69) is 80.4 Å². The van der Waals surface area contributed by atoms with Crippen LogP contribution in [0.25, 0.3) is 0 Å². The highest BCUT2D eigenvalue weighted by Gasteiger charge is 2.10. The Bertz CT molecular complexity index is 1680. The van der Waals surface area contributed by atoms with Crippen molar-refractivity contribution in [2.45, 2.75) is 44.3 Å². The number of carbonyl (C=O) groups is 3. The minimum Gasteiger partial charge on any atom is -0.423 e. The molecule has 5 aromatic carbocycles. The average Bonchev–Trinajstić information content (AvgIpc) is 3.10. The normalized spacial score (nSPS) is 10.1. The smallest absolute Gasteiger partial charge is 0.423 e. The summed E-state index contributed by atoms with van der Waals surface area (Å²) in [7, 11) is -1.47. The SMILES string of the molecule is BrCc1ccccc1CBr.CC(=O)c1ccc(B(O)O)cc1.CC(=O)c1ccc(Cc2ccccc2Cc2ccc(C(C)=O)cc2)cc1. The van der Waals surface area contributed by atoms with Crippen molar-refractivity contribution in [2.75, 3.05) is 0 Å². The van der Waals surface area contributed by atoms with E-state index in [4.69, 9.17) is 10.0 Å². The molecule has 5 aromatic rings. The molecule has 0 atom stereocenters. The lowest BCUT2D eigenvalue weighted by Gasteiger charge is -2.11. The van der Waals surface area contributed by atoms with E-state index in [1.54, 1.807) is 26.0 Å². The molecule has 0 saturated carbocycles. The Kier molecular flexibility index (Phi) is 15.9. The molecule has 0 aliphatic heterocycles. The van der Waals surface area contributed by atoms with Gasteiger partial charge in [-0.05, 0) is 72.5 Å². The largest absolute Gasteiger partial charge is 0.488 e. The maximum atomic E-state index is 11.4. The molecule has 246 valence electrons. The quantitative estimate of drug-likeness (QED) is 0.0848. The van der Waals surface area contributed by atoms with Gasteiger partial charge in [-0.2, -0.15) is 0 Å². The summed E-state index contributed by atoms with van der Waals surface area (Å²) >= 11 is 6.86. The van der Waals surface area contributed by atoms with Gasteiger partial charge in [-0.3, -0.25) is 14.4 Å². The summed E-state index contributed by atoms with van der Waals surface area (Å²) in [5, 5.41) is 19.3. The van der Waals surface area contributed by atoms with E-state index in [0.717, 1.165) is 34.6 Å². The van der Waals surface area contributed by atoms with Crippen LogP contribution < -0.4 is 5.46 Å². The molecule has 2 N–H and O–H groups in total. The van der Waals surface area contributed by atoms with E-state index >= 15 is 0 Å². The van der Waals surface area contributed by atoms with Gasteiger partial charge in [0, 0.05) is 27.4 Å². The molecule has 5 nitrogen and oxygen atoms in total. The highest BCUT2D eigenvalue weighted by atomic mass is 79.9. The van der Waals surface area contributed by atoms with E-state index < -0.39 is 7.12 Å². The molecule has 8 heteroatoms. The standard InChI is InChI=1S/C24H22O2.C8H9BO3.C8H8Br2/c1-17(25)21-11-7-19(8-12-21)15-23-5-3-4-6-24(23)16-20-9-13-22(14-10-20)18(2)26;1-6(10)7-2-4-8(5-3-7)9(11)12;9-5-7-3-1-2-4-8(7)6-10/h3-14H,15-16H2,1-2H3;2-5,11-12H,1H3;1-4H,5-6H2. The minimum atomic E-state index is -1.47. The molecule has 0 unspecified atom stereocenters. The van der Waals surface area contributed by atoms with Crippen molar-refractivity contribution in [1.29, 1.82) is 0 Å². The first-order chi connectivity index (χ1) is 23.0. The zero-order valence-corrected chi connectivity index (χ0v) is 30.5. The number of benzene rings is 5. The third-order valence-corrected chi connectivity index (χ3v) is 8.86. The molecule has 48 heavy (non-hydrogen) atoms. The van der Waals surface area contributed by atoms with Gasteiger partial charge in [0.1, 0.15) is 0 Å². The monoisotopic (exact) mass is 768 g/mol. The van der Waals surface area contributed by atoms with Gasteiger partial charge in [0.25, 0.3) is 0 Å². The van der Waals surface area contributed by atoms with Crippen molar-refractivity contribution in [1.82, 2.24) is 0 Å². The lowest BCUT2D eigenvalue weighted by Crippen LogP contribution is -2.29. The Morgan fingerprint density at radius 2 is 0.771 bits per heavy atom. The number of Topliss-reactive ketones (excluding diaryl/α,β-unsaturated/α-hetero) is 3. The fraction of sp³-hybridized carbons (Fsp3) is 0.175. The third kappa shape index (κ3) is 12.3. The van der Waals surface area contributed by atoms with Crippen molar-refractivity contribution >= 4 is 61.8 Å². The van der Waals surface area contributed by atoms with Gasteiger partial charge < -0.3 is 10.0 Å². The maximum absolute atomic E-state index is 11.4. The molecule has 0 aromatic heterocycles. The summed E-state index contributed by atoms with van der Waals surface area (Å²) in [6, 6.07) is 38.6. The van der Waals surface area contributed by atoms with Gasteiger partial charge in [-0.1, -0.05) is 153 Å². The molecular weight excluding hydrogens is 731 g/mol. The molecule has 0 aliphatic rings. The Hall–Kier alpha value is -3.95. The molecule has 0 heterocycles. The molecule has 0 fully saturated rings. The van der Waals surface area contributed by atoms with Crippen molar-refractivity contribution in [3.63, 3.8) is 0 Å². The van der Waals surface area contributed by atoms with Crippen LogP contribution in [0.2, 0.25) is 0 Å². The van der Waals surface area contributed by atoms with Gasteiger partial charge in [0.15, 0.2) is 17.3 Å². The number of rotatable bonds is 10. The van der Waals surface area contributed by atoms with Crippen LogP contribution in [0.4, 0.5) is 0 Å². The summed E-state index contributed by atoms with van der Waals surface area (Å²) in [5.41, 5.74) is 10.1. The highest BCUT2D eigenvalue weighted by Crippen LogP contribution is 2.19. The topological polar surface area (TPSA) is 91.7 Å². The number of hydrogen-bond donors (Lipinski definition) is 2. The predicted octanol–water partition coefficient (Wildman–Crippen LogP) is 8.32. The first-order valence-corrected chi connectivity index (χ1v) is 17.7. The van der Waals surface area contributed by atoms with Gasteiger partial charge in [-0.15, -0.1) is 0 Å². The zero-order valence-electron chi connectivity index (χ0n) is 27.3. The average molecular weight is 770 g/mol. The first-order valence-electron chi connectivity index (χ1n) is 15.4. The molecule has 0 radical (unpaired) electrons. The molecule has 0 spiro atoms. The van der Waals surface area contributed by atoms with Crippen LogP contribution in [0, 0.1) is 0 Å². The van der Waals surface area contributed by atoms with Crippen LogP contribution in [0.5, 0.6) is 0 Å². The van der Waals surface area contributed by atoms with Crippen LogP contribution in [0.3, 0.4) is 0 Å². The predicted molar refractivity (Wildman–Crippen MR) is 203 cm³/mol. The number of alkyl halides is 2. The third-order valence-electron chi connectivity index (χ3n) is 7.65. The molecule has 0 aliphatic carbocycles. The van der Waals surface area contributed by atoms with Crippen molar-refractivity contribution in [2.24, 2.45) is 0 Å². The molecule has 0 saturated heterocycles. The first kappa shape index (κ1) is 38.5. The number of halogens is 2. The number of carbonyl (C=O) groups excluding carboxylic acids is 3. The van der Waals surface area contributed by atoms with E-state index in [1.807, 2.05) is 48.5 Å². The second-order valence-electron chi connectivity index (χ2n) is 11.2. The number of ketones is 3. The second kappa shape index (κ2) is 19.8. The van der Waals surface area contributed by atoms with Crippen LogP contribution in [0.15, 0.2) is 121 Å². The lowest BCUT2D eigenvalue weighted by molar-refractivity contribution is 0.100. The van der Waals surface area contributed by atoms with Crippen LogP contribution >= 0.6 is 31.9 Å². The molecule has 0 amide bonds.